The van der Waals surface area contributed by atoms with Gasteiger partial charge in [-0.25, -0.2) is 0 Å². The Balaban J connectivity index is 1.92. The van der Waals surface area contributed by atoms with Gasteiger partial charge in [0.1, 0.15) is 5.00 Å². The van der Waals surface area contributed by atoms with E-state index in [0.717, 1.165) is 24.8 Å². The van der Waals surface area contributed by atoms with E-state index in [1.54, 1.807) is 12.1 Å². The number of hydrogen-bond acceptors (Lipinski definition) is 3. The normalized spacial score (nSPS) is 17.0. The lowest BCUT2D eigenvalue weighted by atomic mass is 9.72. The minimum atomic E-state index is -0.463. The SMILES string of the molecule is CC(C)(C)[C@@H]1CCc2c(sc(NC(=O)c3ccccc3)c2C(N)=O)C1. The van der Waals surface area contributed by atoms with Gasteiger partial charge < -0.3 is 11.1 Å². The Morgan fingerprint density at radius 3 is 2.48 bits per heavy atom. The van der Waals surface area contributed by atoms with Crippen molar-refractivity contribution in [3.05, 3.63) is 51.9 Å². The van der Waals surface area contributed by atoms with E-state index in [2.05, 4.69) is 26.1 Å². The molecule has 132 valence electrons. The Hall–Kier alpha value is -2.14. The molecule has 3 rings (SSSR count). The van der Waals surface area contributed by atoms with E-state index in [1.165, 1.54) is 16.2 Å². The zero-order valence-electron chi connectivity index (χ0n) is 14.9. The number of nitrogens with two attached hydrogens (primary N) is 1. The van der Waals surface area contributed by atoms with Gasteiger partial charge in [-0.3, -0.25) is 9.59 Å². The van der Waals surface area contributed by atoms with Crippen molar-refractivity contribution in [2.45, 2.75) is 40.0 Å². The van der Waals surface area contributed by atoms with Gasteiger partial charge >= 0.3 is 0 Å². The Labute approximate surface area is 152 Å². The molecule has 4 nitrogen and oxygen atoms in total. The summed E-state index contributed by atoms with van der Waals surface area (Å²) in [5.74, 6) is -0.110. The third-order valence-corrected chi connectivity index (χ3v) is 6.17. The number of rotatable bonds is 3. The average molecular weight is 356 g/mol. The third-order valence-electron chi connectivity index (χ3n) is 5.00. The number of primary amides is 1. The van der Waals surface area contributed by atoms with Crippen molar-refractivity contribution in [2.75, 3.05) is 5.32 Å². The molecule has 0 fully saturated rings. The van der Waals surface area contributed by atoms with Gasteiger partial charge in [-0.05, 0) is 48.3 Å². The highest BCUT2D eigenvalue weighted by Crippen LogP contribution is 2.44. The van der Waals surface area contributed by atoms with Gasteiger partial charge in [0.05, 0.1) is 5.56 Å². The fourth-order valence-electron chi connectivity index (χ4n) is 3.44. The van der Waals surface area contributed by atoms with E-state index in [4.69, 9.17) is 5.73 Å². The van der Waals surface area contributed by atoms with Crippen LogP contribution < -0.4 is 11.1 Å². The van der Waals surface area contributed by atoms with E-state index < -0.39 is 5.91 Å². The topological polar surface area (TPSA) is 72.2 Å². The smallest absolute Gasteiger partial charge is 0.256 e. The fourth-order valence-corrected chi connectivity index (χ4v) is 4.77. The highest BCUT2D eigenvalue weighted by molar-refractivity contribution is 7.17. The zero-order valence-corrected chi connectivity index (χ0v) is 15.7. The Bertz CT molecular complexity index is 803. The highest BCUT2D eigenvalue weighted by Gasteiger charge is 2.33. The van der Waals surface area contributed by atoms with Crippen LogP contribution in [0.4, 0.5) is 5.00 Å². The number of amides is 2. The second-order valence-corrected chi connectivity index (χ2v) is 8.80. The summed E-state index contributed by atoms with van der Waals surface area (Å²) in [7, 11) is 0. The second-order valence-electron chi connectivity index (χ2n) is 7.70. The van der Waals surface area contributed by atoms with Gasteiger partial charge in [-0.15, -0.1) is 11.3 Å². The van der Waals surface area contributed by atoms with Crippen LogP contribution in [0.15, 0.2) is 30.3 Å². The highest BCUT2D eigenvalue weighted by atomic mass is 32.1. The van der Waals surface area contributed by atoms with Crippen LogP contribution in [0.2, 0.25) is 0 Å². The van der Waals surface area contributed by atoms with Crippen molar-refractivity contribution in [1.29, 1.82) is 0 Å². The summed E-state index contributed by atoms with van der Waals surface area (Å²) in [5.41, 5.74) is 7.95. The molecule has 1 heterocycles. The number of carbonyl (C=O) groups excluding carboxylic acids is 2. The first-order valence-corrected chi connectivity index (χ1v) is 9.39. The molecule has 0 unspecified atom stereocenters. The largest absolute Gasteiger partial charge is 0.365 e. The number of fused-ring (bicyclic) bond motifs is 1. The number of carbonyl (C=O) groups is 2. The van der Waals surface area contributed by atoms with E-state index in [1.807, 2.05) is 18.2 Å². The molecule has 0 spiro atoms. The minimum absolute atomic E-state index is 0.214. The van der Waals surface area contributed by atoms with Gasteiger partial charge in [0.15, 0.2) is 0 Å². The molecule has 1 atom stereocenters. The van der Waals surface area contributed by atoms with E-state index in [9.17, 15) is 9.59 Å². The summed E-state index contributed by atoms with van der Waals surface area (Å²) in [6, 6.07) is 9.00. The molecule has 25 heavy (non-hydrogen) atoms. The third kappa shape index (κ3) is 3.61. The summed E-state index contributed by atoms with van der Waals surface area (Å²) in [4.78, 5) is 25.7. The van der Waals surface area contributed by atoms with E-state index in [0.29, 0.717) is 22.0 Å². The molecule has 1 aliphatic rings. The Kier molecular flexibility index (Phi) is 4.69. The molecule has 2 amide bonds. The quantitative estimate of drug-likeness (QED) is 0.863. The Morgan fingerprint density at radius 1 is 1.20 bits per heavy atom. The van der Waals surface area contributed by atoms with Crippen LogP contribution in [0.1, 0.15) is 58.3 Å². The van der Waals surface area contributed by atoms with Gasteiger partial charge in [0.25, 0.3) is 11.8 Å². The predicted octanol–water partition coefficient (Wildman–Crippen LogP) is 4.25. The summed E-state index contributed by atoms with van der Waals surface area (Å²) >= 11 is 1.50. The standard InChI is InChI=1S/C20H24N2O2S/c1-20(2,3)13-9-10-14-15(11-13)25-19(16(14)17(21)23)22-18(24)12-7-5-4-6-8-12/h4-8,13H,9-11H2,1-3H3,(H2,21,23)(H,22,24)/t13-/m1/s1. The summed E-state index contributed by atoms with van der Waals surface area (Å²) in [5, 5.41) is 3.48. The molecule has 1 aromatic carbocycles. The van der Waals surface area contributed by atoms with Crippen molar-refractivity contribution in [1.82, 2.24) is 0 Å². The van der Waals surface area contributed by atoms with Gasteiger partial charge in [-0.2, -0.15) is 0 Å². The number of hydrogen-bond donors (Lipinski definition) is 2. The molecule has 0 radical (unpaired) electrons. The first-order chi connectivity index (χ1) is 11.8. The zero-order chi connectivity index (χ0) is 18.2. The van der Waals surface area contributed by atoms with Gasteiger partial charge in [-0.1, -0.05) is 39.0 Å². The number of benzene rings is 1. The maximum absolute atomic E-state index is 12.5. The van der Waals surface area contributed by atoms with E-state index >= 15 is 0 Å². The van der Waals surface area contributed by atoms with Crippen LogP contribution in [0.3, 0.4) is 0 Å². The summed E-state index contributed by atoms with van der Waals surface area (Å²) < 4.78 is 0. The van der Waals surface area contributed by atoms with Gasteiger partial charge in [0.2, 0.25) is 0 Å². The molecule has 0 saturated heterocycles. The average Bonchev–Trinajstić information content (AvgIpc) is 2.91. The van der Waals surface area contributed by atoms with Crippen molar-refractivity contribution in [2.24, 2.45) is 17.1 Å². The maximum atomic E-state index is 12.5. The molecular weight excluding hydrogens is 332 g/mol. The van der Waals surface area contributed by atoms with Crippen molar-refractivity contribution < 1.29 is 9.59 Å². The molecule has 2 aromatic rings. The molecule has 0 bridgehead atoms. The molecule has 1 aliphatic carbocycles. The van der Waals surface area contributed by atoms with Gasteiger partial charge in [0, 0.05) is 10.4 Å². The molecule has 5 heteroatoms. The van der Waals surface area contributed by atoms with E-state index in [-0.39, 0.29) is 11.3 Å². The lowest BCUT2D eigenvalue weighted by Crippen LogP contribution is -2.27. The lowest BCUT2D eigenvalue weighted by molar-refractivity contribution is 0.1000. The lowest BCUT2D eigenvalue weighted by Gasteiger charge is -2.33. The van der Waals surface area contributed by atoms with Crippen molar-refractivity contribution >= 4 is 28.2 Å². The molecule has 3 N–H and O–H groups in total. The maximum Gasteiger partial charge on any atom is 0.256 e. The van der Waals surface area contributed by atoms with Crippen molar-refractivity contribution in [3.8, 4) is 0 Å². The second kappa shape index (κ2) is 6.64. The monoisotopic (exact) mass is 356 g/mol. The summed E-state index contributed by atoms with van der Waals surface area (Å²) in [6.45, 7) is 6.76. The van der Waals surface area contributed by atoms with Crippen LogP contribution in [-0.4, -0.2) is 11.8 Å². The number of thiophene rings is 1. The predicted molar refractivity (Wildman–Crippen MR) is 102 cm³/mol. The number of anilines is 1. The van der Waals surface area contributed by atoms with Crippen LogP contribution in [-0.2, 0) is 12.8 Å². The van der Waals surface area contributed by atoms with Crippen molar-refractivity contribution in [3.63, 3.8) is 0 Å². The summed E-state index contributed by atoms with van der Waals surface area (Å²) in [6.07, 6.45) is 2.82. The number of nitrogens with one attached hydrogen (secondary N) is 1. The van der Waals surface area contributed by atoms with Crippen LogP contribution >= 0.6 is 11.3 Å². The van der Waals surface area contributed by atoms with Crippen LogP contribution in [0.5, 0.6) is 0 Å². The minimum Gasteiger partial charge on any atom is -0.365 e. The molecule has 0 saturated carbocycles. The fraction of sp³-hybridized carbons (Fsp3) is 0.400. The molecular formula is C20H24N2O2S. The molecule has 1 aromatic heterocycles. The van der Waals surface area contributed by atoms with Crippen LogP contribution in [0, 0.1) is 11.3 Å². The van der Waals surface area contributed by atoms with Crippen LogP contribution in [0.25, 0.3) is 0 Å². The first-order valence-electron chi connectivity index (χ1n) is 8.58. The first kappa shape index (κ1) is 17.7. The Morgan fingerprint density at radius 2 is 1.88 bits per heavy atom. The molecule has 0 aliphatic heterocycles.